The molecular weight excluding hydrogens is 270 g/mol. The Morgan fingerprint density at radius 3 is 3.00 bits per heavy atom. The first-order valence-corrected chi connectivity index (χ1v) is 7.27. The Labute approximate surface area is 125 Å². The van der Waals surface area contributed by atoms with Gasteiger partial charge in [0.15, 0.2) is 0 Å². The minimum absolute atomic E-state index is 0.0137. The quantitative estimate of drug-likeness (QED) is 0.605. The zero-order valence-electron chi connectivity index (χ0n) is 12.3. The van der Waals surface area contributed by atoms with Crippen LogP contribution in [0.2, 0.25) is 0 Å². The van der Waals surface area contributed by atoms with Gasteiger partial charge in [-0.2, -0.15) is 0 Å². The van der Waals surface area contributed by atoms with Gasteiger partial charge in [0.05, 0.1) is 0 Å². The van der Waals surface area contributed by atoms with Crippen molar-refractivity contribution in [1.29, 1.82) is 0 Å². The summed E-state index contributed by atoms with van der Waals surface area (Å²) in [5.41, 5.74) is 1.05. The number of aliphatic hydroxyl groups is 1. The first-order valence-electron chi connectivity index (χ1n) is 7.27. The van der Waals surface area contributed by atoms with E-state index in [1.807, 2.05) is 31.2 Å². The smallest absolute Gasteiger partial charge is 0.317 e. The van der Waals surface area contributed by atoms with E-state index in [2.05, 4.69) is 10.6 Å². The van der Waals surface area contributed by atoms with Crippen LogP contribution < -0.4 is 15.4 Å². The molecule has 0 radical (unpaired) electrons. The summed E-state index contributed by atoms with van der Waals surface area (Å²) in [7, 11) is 0. The maximum Gasteiger partial charge on any atom is 0.317 e. The monoisotopic (exact) mass is 293 g/mol. The predicted molar refractivity (Wildman–Crippen MR) is 80.5 cm³/mol. The number of benzene rings is 1. The van der Waals surface area contributed by atoms with E-state index in [-0.39, 0.29) is 12.6 Å². The highest BCUT2D eigenvalue weighted by molar-refractivity contribution is 5.76. The summed E-state index contributed by atoms with van der Waals surface area (Å²) in [6.45, 7) is 5.45. The minimum Gasteiger partial charge on any atom is -0.491 e. The van der Waals surface area contributed by atoms with Crippen molar-refractivity contribution in [3.05, 3.63) is 29.8 Å². The number of nitrogens with one attached hydrogen (secondary N) is 2. The van der Waals surface area contributed by atoms with Crippen molar-refractivity contribution < 1.29 is 14.6 Å². The van der Waals surface area contributed by atoms with Crippen molar-refractivity contribution in [2.45, 2.75) is 13.0 Å². The second-order valence-electron chi connectivity index (χ2n) is 5.15. The lowest BCUT2D eigenvalue weighted by molar-refractivity contribution is 0.106. The van der Waals surface area contributed by atoms with Crippen molar-refractivity contribution in [3.8, 4) is 5.75 Å². The fourth-order valence-corrected chi connectivity index (χ4v) is 2.17. The number of rotatable bonds is 8. The van der Waals surface area contributed by atoms with Gasteiger partial charge in [-0.05, 0) is 18.6 Å². The second kappa shape index (κ2) is 7.85. The van der Waals surface area contributed by atoms with E-state index in [1.165, 1.54) is 0 Å². The van der Waals surface area contributed by atoms with Gasteiger partial charge in [0.25, 0.3) is 0 Å². The predicted octanol–water partition coefficient (Wildman–Crippen LogP) is 0.350. The molecule has 2 rings (SSSR count). The number of ether oxygens (including phenoxy) is 1. The summed E-state index contributed by atoms with van der Waals surface area (Å²) >= 11 is 0. The van der Waals surface area contributed by atoms with Crippen LogP contribution in [0.1, 0.15) is 5.56 Å². The maximum atomic E-state index is 11.3. The lowest BCUT2D eigenvalue weighted by atomic mass is 10.2. The standard InChI is InChI=1S/C15H23N3O3/c1-12-4-2-3-5-14(12)21-11-13(19)10-16-6-8-18-9-7-17-15(18)20/h2-5,13,16,19H,6-11H2,1H3,(H,17,20). The molecule has 116 valence electrons. The largest absolute Gasteiger partial charge is 0.491 e. The first-order chi connectivity index (χ1) is 10.2. The third-order valence-electron chi connectivity index (χ3n) is 3.41. The highest BCUT2D eigenvalue weighted by Gasteiger charge is 2.18. The van der Waals surface area contributed by atoms with Crippen LogP contribution in [0.3, 0.4) is 0 Å². The van der Waals surface area contributed by atoms with Crippen molar-refractivity contribution >= 4 is 6.03 Å². The molecule has 0 saturated carbocycles. The second-order valence-corrected chi connectivity index (χ2v) is 5.15. The minimum atomic E-state index is -0.572. The molecule has 6 nitrogen and oxygen atoms in total. The molecule has 1 unspecified atom stereocenters. The SMILES string of the molecule is Cc1ccccc1OCC(O)CNCCN1CCNC1=O. The number of aliphatic hydroxyl groups excluding tert-OH is 1. The number of hydrogen-bond donors (Lipinski definition) is 3. The van der Waals surface area contributed by atoms with Gasteiger partial charge < -0.3 is 25.4 Å². The molecule has 1 aromatic rings. The van der Waals surface area contributed by atoms with Gasteiger partial charge in [-0.15, -0.1) is 0 Å². The number of carbonyl (C=O) groups is 1. The normalized spacial score (nSPS) is 15.9. The van der Waals surface area contributed by atoms with Crippen LogP contribution in [0.25, 0.3) is 0 Å². The van der Waals surface area contributed by atoms with Crippen LogP contribution in [0, 0.1) is 6.92 Å². The first kappa shape index (κ1) is 15.6. The molecule has 1 fully saturated rings. The van der Waals surface area contributed by atoms with Crippen molar-refractivity contribution in [2.24, 2.45) is 0 Å². The topological polar surface area (TPSA) is 73.8 Å². The number of para-hydroxylation sites is 1. The van der Waals surface area contributed by atoms with Crippen molar-refractivity contribution in [3.63, 3.8) is 0 Å². The van der Waals surface area contributed by atoms with E-state index in [1.54, 1.807) is 4.90 Å². The summed E-state index contributed by atoms with van der Waals surface area (Å²) in [5.74, 6) is 0.797. The third kappa shape index (κ3) is 4.91. The molecule has 1 aromatic carbocycles. The highest BCUT2D eigenvalue weighted by atomic mass is 16.5. The Kier molecular flexibility index (Phi) is 5.83. The molecular formula is C15H23N3O3. The summed E-state index contributed by atoms with van der Waals surface area (Å²) in [6, 6.07) is 7.71. The molecule has 1 saturated heterocycles. The average molecular weight is 293 g/mol. The van der Waals surface area contributed by atoms with Gasteiger partial charge >= 0.3 is 6.03 Å². The summed E-state index contributed by atoms with van der Waals surface area (Å²) < 4.78 is 5.58. The lowest BCUT2D eigenvalue weighted by Crippen LogP contribution is -2.38. The fraction of sp³-hybridized carbons (Fsp3) is 0.533. The number of aryl methyl sites for hydroxylation is 1. The Hall–Kier alpha value is -1.79. The molecule has 21 heavy (non-hydrogen) atoms. The molecule has 0 aromatic heterocycles. The zero-order chi connectivity index (χ0) is 15.1. The molecule has 2 amide bonds. The molecule has 3 N–H and O–H groups in total. The van der Waals surface area contributed by atoms with Crippen LogP contribution in [0.5, 0.6) is 5.75 Å². The Morgan fingerprint density at radius 1 is 1.48 bits per heavy atom. The summed E-state index contributed by atoms with van der Waals surface area (Å²) in [6.07, 6.45) is -0.572. The molecule has 0 bridgehead atoms. The van der Waals surface area contributed by atoms with Gasteiger partial charge in [0.1, 0.15) is 18.5 Å². The number of urea groups is 1. The molecule has 1 atom stereocenters. The Morgan fingerprint density at radius 2 is 2.29 bits per heavy atom. The van der Waals surface area contributed by atoms with Crippen LogP contribution >= 0.6 is 0 Å². The van der Waals surface area contributed by atoms with Crippen molar-refractivity contribution in [2.75, 3.05) is 39.3 Å². The van der Waals surface area contributed by atoms with E-state index in [0.717, 1.165) is 17.9 Å². The molecule has 1 aliphatic heterocycles. The van der Waals surface area contributed by atoms with Crippen LogP contribution in [0.4, 0.5) is 4.79 Å². The Bertz CT molecular complexity index is 467. The van der Waals surface area contributed by atoms with Crippen molar-refractivity contribution in [1.82, 2.24) is 15.5 Å². The molecule has 0 aliphatic carbocycles. The fourth-order valence-electron chi connectivity index (χ4n) is 2.17. The van der Waals surface area contributed by atoms with E-state index in [4.69, 9.17) is 4.74 Å². The molecule has 0 spiro atoms. The van der Waals surface area contributed by atoms with Crippen LogP contribution in [-0.2, 0) is 0 Å². The number of carbonyl (C=O) groups excluding carboxylic acids is 1. The molecule has 1 aliphatic rings. The van der Waals surface area contributed by atoms with E-state index in [0.29, 0.717) is 26.2 Å². The molecule has 1 heterocycles. The van der Waals surface area contributed by atoms with Gasteiger partial charge in [0, 0.05) is 32.7 Å². The van der Waals surface area contributed by atoms with E-state index >= 15 is 0 Å². The molecule has 6 heteroatoms. The maximum absolute atomic E-state index is 11.3. The number of amides is 2. The Balaban J connectivity index is 1.58. The van der Waals surface area contributed by atoms with Gasteiger partial charge in [-0.25, -0.2) is 4.79 Å². The number of nitrogens with zero attached hydrogens (tertiary/aromatic N) is 1. The summed E-state index contributed by atoms with van der Waals surface area (Å²) in [5, 5.41) is 15.7. The summed E-state index contributed by atoms with van der Waals surface area (Å²) in [4.78, 5) is 13.1. The van der Waals surface area contributed by atoms with E-state index in [9.17, 15) is 9.90 Å². The van der Waals surface area contributed by atoms with Gasteiger partial charge in [0.2, 0.25) is 0 Å². The number of hydrogen-bond acceptors (Lipinski definition) is 4. The van der Waals surface area contributed by atoms with Crippen LogP contribution in [-0.4, -0.2) is 61.5 Å². The van der Waals surface area contributed by atoms with Gasteiger partial charge in [-0.1, -0.05) is 18.2 Å². The highest BCUT2D eigenvalue weighted by Crippen LogP contribution is 2.16. The van der Waals surface area contributed by atoms with Crippen LogP contribution in [0.15, 0.2) is 24.3 Å². The third-order valence-corrected chi connectivity index (χ3v) is 3.41. The average Bonchev–Trinajstić information content (AvgIpc) is 2.88. The van der Waals surface area contributed by atoms with Gasteiger partial charge in [-0.3, -0.25) is 0 Å². The zero-order valence-corrected chi connectivity index (χ0v) is 12.3. The van der Waals surface area contributed by atoms with E-state index < -0.39 is 6.10 Å². The lowest BCUT2D eigenvalue weighted by Gasteiger charge is -2.17.